The first-order valence-electron chi connectivity index (χ1n) is 4.82. The largest absolute Gasteiger partial charge is 0.465 e. The van der Waals surface area contributed by atoms with E-state index < -0.39 is 6.09 Å². The van der Waals surface area contributed by atoms with Crippen LogP contribution in [0.3, 0.4) is 0 Å². The summed E-state index contributed by atoms with van der Waals surface area (Å²) in [6.45, 7) is 4.12. The topological polar surface area (TPSA) is 69.8 Å². The molecular weight excluding hydrogens is 198 g/mol. The highest BCUT2D eigenvalue weighted by molar-refractivity contribution is 5.65. The second kappa shape index (κ2) is 3.80. The molecular formula is C9H13N3O3. The van der Waals surface area contributed by atoms with Gasteiger partial charge in [-0.25, -0.2) is 4.79 Å². The van der Waals surface area contributed by atoms with Crippen molar-refractivity contribution in [2.75, 3.05) is 31.1 Å². The Morgan fingerprint density at radius 2 is 2.13 bits per heavy atom. The van der Waals surface area contributed by atoms with Gasteiger partial charge in [-0.1, -0.05) is 0 Å². The lowest BCUT2D eigenvalue weighted by Gasteiger charge is -2.31. The zero-order valence-electron chi connectivity index (χ0n) is 8.51. The van der Waals surface area contributed by atoms with E-state index in [-0.39, 0.29) is 0 Å². The van der Waals surface area contributed by atoms with Crippen LogP contribution in [0.15, 0.2) is 10.7 Å². The fourth-order valence-electron chi connectivity index (χ4n) is 1.58. The minimum Gasteiger partial charge on any atom is -0.465 e. The molecule has 82 valence electrons. The summed E-state index contributed by atoms with van der Waals surface area (Å²) in [6.07, 6.45) is 0.733. The van der Waals surface area contributed by atoms with Gasteiger partial charge in [-0.05, 0) is 6.92 Å². The van der Waals surface area contributed by atoms with Crippen LogP contribution in [-0.4, -0.2) is 47.3 Å². The molecule has 0 aliphatic carbocycles. The minimum absolute atomic E-state index is 0.497. The lowest BCUT2D eigenvalue weighted by molar-refractivity contribution is 0.141. The molecule has 0 unspecified atom stereocenters. The molecule has 0 spiro atoms. The van der Waals surface area contributed by atoms with Gasteiger partial charge in [0.25, 0.3) is 6.01 Å². The third kappa shape index (κ3) is 2.03. The molecule has 2 heterocycles. The molecule has 2 rings (SSSR count). The van der Waals surface area contributed by atoms with Gasteiger partial charge in [-0.15, -0.1) is 0 Å². The Morgan fingerprint density at radius 1 is 1.47 bits per heavy atom. The molecule has 1 aromatic heterocycles. The predicted octanol–water partition coefficient (Wildman–Crippen LogP) is 0.783. The Labute approximate surface area is 87.1 Å². The van der Waals surface area contributed by atoms with E-state index in [9.17, 15) is 4.79 Å². The smallest absolute Gasteiger partial charge is 0.407 e. The van der Waals surface area contributed by atoms with Gasteiger partial charge in [0.15, 0.2) is 0 Å². The molecule has 1 fully saturated rings. The molecule has 1 saturated heterocycles. The lowest BCUT2D eigenvalue weighted by Crippen LogP contribution is -2.48. The zero-order valence-corrected chi connectivity index (χ0v) is 8.51. The van der Waals surface area contributed by atoms with E-state index in [1.165, 1.54) is 4.90 Å². The number of carbonyl (C=O) groups is 1. The van der Waals surface area contributed by atoms with Crippen molar-refractivity contribution in [1.82, 2.24) is 9.88 Å². The first-order valence-corrected chi connectivity index (χ1v) is 4.82. The molecule has 1 aliphatic rings. The number of anilines is 1. The summed E-state index contributed by atoms with van der Waals surface area (Å²) in [5.74, 6) is 0. The van der Waals surface area contributed by atoms with Crippen molar-refractivity contribution in [2.45, 2.75) is 6.92 Å². The second-order valence-corrected chi connectivity index (χ2v) is 3.53. The Morgan fingerprint density at radius 3 is 2.60 bits per heavy atom. The molecule has 0 aromatic carbocycles. The highest BCUT2D eigenvalue weighted by Gasteiger charge is 2.22. The van der Waals surface area contributed by atoms with Gasteiger partial charge in [-0.2, -0.15) is 4.98 Å². The molecule has 0 atom stereocenters. The summed E-state index contributed by atoms with van der Waals surface area (Å²) in [5.41, 5.74) is 0.839. The maximum absolute atomic E-state index is 10.7. The Hall–Kier alpha value is -1.72. The van der Waals surface area contributed by atoms with Crippen molar-refractivity contribution in [3.63, 3.8) is 0 Å². The van der Waals surface area contributed by atoms with Crippen LogP contribution >= 0.6 is 0 Å². The highest BCUT2D eigenvalue weighted by atomic mass is 16.4. The van der Waals surface area contributed by atoms with Gasteiger partial charge in [-0.3, -0.25) is 0 Å². The van der Waals surface area contributed by atoms with E-state index in [2.05, 4.69) is 4.98 Å². The molecule has 1 aliphatic heterocycles. The minimum atomic E-state index is -0.863. The van der Waals surface area contributed by atoms with Crippen LogP contribution < -0.4 is 4.90 Å². The molecule has 1 N–H and O–H groups in total. The van der Waals surface area contributed by atoms with E-state index in [0.29, 0.717) is 32.2 Å². The Kier molecular flexibility index (Phi) is 2.49. The first kappa shape index (κ1) is 9.82. The summed E-state index contributed by atoms with van der Waals surface area (Å²) in [6, 6.07) is 0.581. The van der Waals surface area contributed by atoms with Gasteiger partial charge in [0.05, 0.1) is 5.69 Å². The van der Waals surface area contributed by atoms with E-state index in [4.69, 9.17) is 9.52 Å². The number of carboxylic acid groups (broad SMARTS) is 1. The standard InChI is InChI=1S/C9H13N3O3/c1-7-6-15-8(10-7)11-2-4-12(5-3-11)9(13)14/h6H,2-5H2,1H3,(H,13,14). The average molecular weight is 211 g/mol. The quantitative estimate of drug-likeness (QED) is 0.743. The van der Waals surface area contributed by atoms with Gasteiger partial charge >= 0.3 is 6.09 Å². The fourth-order valence-corrected chi connectivity index (χ4v) is 1.58. The number of piperazine rings is 1. The number of hydrogen-bond donors (Lipinski definition) is 1. The summed E-state index contributed by atoms with van der Waals surface area (Å²) in [4.78, 5) is 18.2. The highest BCUT2D eigenvalue weighted by Crippen LogP contribution is 2.15. The van der Waals surface area contributed by atoms with E-state index in [0.717, 1.165) is 5.69 Å². The second-order valence-electron chi connectivity index (χ2n) is 3.53. The maximum atomic E-state index is 10.7. The van der Waals surface area contributed by atoms with Gasteiger partial charge in [0.1, 0.15) is 6.26 Å². The van der Waals surface area contributed by atoms with Gasteiger partial charge in [0.2, 0.25) is 0 Å². The van der Waals surface area contributed by atoms with Crippen molar-refractivity contribution in [3.05, 3.63) is 12.0 Å². The van der Waals surface area contributed by atoms with Crippen LogP contribution in [0.4, 0.5) is 10.8 Å². The lowest BCUT2D eigenvalue weighted by atomic mass is 10.3. The van der Waals surface area contributed by atoms with Gasteiger partial charge < -0.3 is 19.3 Å². The van der Waals surface area contributed by atoms with Crippen LogP contribution in [0.1, 0.15) is 5.69 Å². The SMILES string of the molecule is Cc1coc(N2CCN(C(=O)O)CC2)n1. The van der Waals surface area contributed by atoms with Crippen LogP contribution in [0.2, 0.25) is 0 Å². The molecule has 0 bridgehead atoms. The molecule has 1 aromatic rings. The van der Waals surface area contributed by atoms with Crippen LogP contribution in [-0.2, 0) is 0 Å². The molecule has 6 heteroatoms. The van der Waals surface area contributed by atoms with Crippen LogP contribution in [0.25, 0.3) is 0 Å². The zero-order chi connectivity index (χ0) is 10.8. The Balaban J connectivity index is 1.96. The number of aromatic nitrogens is 1. The van der Waals surface area contributed by atoms with Crippen LogP contribution in [0.5, 0.6) is 0 Å². The Bertz CT molecular complexity index is 355. The van der Waals surface area contributed by atoms with Crippen molar-refractivity contribution in [2.24, 2.45) is 0 Å². The number of hydrogen-bond acceptors (Lipinski definition) is 4. The van der Waals surface area contributed by atoms with Crippen molar-refractivity contribution in [1.29, 1.82) is 0 Å². The van der Waals surface area contributed by atoms with E-state index >= 15 is 0 Å². The van der Waals surface area contributed by atoms with E-state index in [1.807, 2.05) is 11.8 Å². The summed E-state index contributed by atoms with van der Waals surface area (Å²) in [5, 5.41) is 8.77. The summed E-state index contributed by atoms with van der Waals surface area (Å²) in [7, 11) is 0. The number of nitrogens with zero attached hydrogens (tertiary/aromatic N) is 3. The molecule has 1 amide bonds. The van der Waals surface area contributed by atoms with Crippen molar-refractivity contribution in [3.8, 4) is 0 Å². The predicted molar refractivity (Wildman–Crippen MR) is 53.1 cm³/mol. The van der Waals surface area contributed by atoms with Crippen molar-refractivity contribution < 1.29 is 14.3 Å². The first-order chi connectivity index (χ1) is 7.16. The summed E-state index contributed by atoms with van der Waals surface area (Å²) >= 11 is 0. The molecule has 6 nitrogen and oxygen atoms in total. The van der Waals surface area contributed by atoms with Gasteiger partial charge in [0, 0.05) is 26.2 Å². The third-order valence-corrected chi connectivity index (χ3v) is 2.43. The fraction of sp³-hybridized carbons (Fsp3) is 0.556. The normalized spacial score (nSPS) is 16.9. The molecule has 0 saturated carbocycles. The molecule has 0 radical (unpaired) electrons. The third-order valence-electron chi connectivity index (χ3n) is 2.43. The van der Waals surface area contributed by atoms with Crippen molar-refractivity contribution >= 4 is 12.1 Å². The molecule has 15 heavy (non-hydrogen) atoms. The average Bonchev–Trinajstić information content (AvgIpc) is 2.65. The number of amides is 1. The van der Waals surface area contributed by atoms with E-state index in [1.54, 1.807) is 6.26 Å². The number of oxazole rings is 1. The number of rotatable bonds is 1. The van der Waals surface area contributed by atoms with Crippen LogP contribution in [0, 0.1) is 6.92 Å². The maximum Gasteiger partial charge on any atom is 0.407 e. The summed E-state index contributed by atoms with van der Waals surface area (Å²) < 4.78 is 5.25. The monoisotopic (exact) mass is 211 g/mol. The number of aryl methyl sites for hydroxylation is 1.